The zero-order valence-electron chi connectivity index (χ0n) is 12.2. The summed E-state index contributed by atoms with van der Waals surface area (Å²) >= 11 is 3.67. The molecule has 0 bridgehead atoms. The molecule has 2 N–H and O–H groups in total. The van der Waals surface area contributed by atoms with Crippen molar-refractivity contribution in [1.82, 2.24) is 9.78 Å². The van der Waals surface area contributed by atoms with Gasteiger partial charge in [0.1, 0.15) is 0 Å². The Morgan fingerprint density at radius 3 is 2.55 bits per heavy atom. The Hall–Kier alpha value is -1.49. The lowest BCUT2D eigenvalue weighted by atomic mass is 10.2. The lowest BCUT2D eigenvalue weighted by molar-refractivity contribution is 0.677. The maximum atomic E-state index is 6.08. The molecule has 0 fully saturated rings. The Balaban J connectivity index is 2.32. The van der Waals surface area contributed by atoms with E-state index in [0.717, 1.165) is 41.1 Å². The summed E-state index contributed by atoms with van der Waals surface area (Å²) in [5, 5.41) is 4.54. The number of rotatable bonds is 5. The number of anilines is 2. The molecule has 0 aliphatic carbocycles. The highest BCUT2D eigenvalue weighted by molar-refractivity contribution is 9.10. The highest BCUT2D eigenvalue weighted by Gasteiger charge is 2.16. The molecule has 0 saturated carbocycles. The summed E-state index contributed by atoms with van der Waals surface area (Å²) in [6, 6.07) is 7.98. The second-order valence-electron chi connectivity index (χ2n) is 4.76. The first-order chi connectivity index (χ1) is 9.58. The van der Waals surface area contributed by atoms with E-state index in [4.69, 9.17) is 5.73 Å². The van der Waals surface area contributed by atoms with Crippen LogP contribution < -0.4 is 10.6 Å². The number of nitrogens with zero attached hydrogens (tertiary/aromatic N) is 3. The minimum absolute atomic E-state index is 0.787. The maximum absolute atomic E-state index is 6.08. The van der Waals surface area contributed by atoms with E-state index in [-0.39, 0.29) is 0 Å². The minimum atomic E-state index is 0.787. The van der Waals surface area contributed by atoms with E-state index in [0.29, 0.717) is 0 Å². The first kappa shape index (κ1) is 14.9. The number of halogens is 1. The molecule has 108 valence electrons. The summed E-state index contributed by atoms with van der Waals surface area (Å²) in [5.74, 6) is 0. The van der Waals surface area contributed by atoms with E-state index < -0.39 is 0 Å². The number of hydrogen-bond donors (Lipinski definition) is 1. The number of aryl methyl sites for hydroxylation is 2. The van der Waals surface area contributed by atoms with Crippen LogP contribution in [0.3, 0.4) is 0 Å². The summed E-state index contributed by atoms with van der Waals surface area (Å²) < 4.78 is 3.06. The second kappa shape index (κ2) is 6.31. The smallest absolute Gasteiger partial charge is 0.0767 e. The van der Waals surface area contributed by atoms with Crippen LogP contribution in [0.25, 0.3) is 0 Å². The molecule has 0 aliphatic rings. The molecule has 1 aromatic carbocycles. The van der Waals surface area contributed by atoms with Crippen molar-refractivity contribution in [3.63, 3.8) is 0 Å². The molecule has 0 amide bonds. The average Bonchev–Trinajstić information content (AvgIpc) is 2.72. The van der Waals surface area contributed by atoms with Gasteiger partial charge in [-0.05, 0) is 41.4 Å². The Kier molecular flexibility index (Phi) is 4.70. The monoisotopic (exact) mass is 336 g/mol. The maximum Gasteiger partial charge on any atom is 0.0767 e. The van der Waals surface area contributed by atoms with Crippen LogP contribution in [-0.2, 0) is 20.0 Å². The summed E-state index contributed by atoms with van der Waals surface area (Å²) in [4.78, 5) is 2.26. The number of nitrogen functional groups attached to an aromatic ring is 1. The Labute approximate surface area is 128 Å². The van der Waals surface area contributed by atoms with Gasteiger partial charge in [0.2, 0.25) is 0 Å². The molecular weight excluding hydrogens is 316 g/mol. The second-order valence-corrected chi connectivity index (χ2v) is 5.55. The van der Waals surface area contributed by atoms with Gasteiger partial charge in [0.25, 0.3) is 0 Å². The topological polar surface area (TPSA) is 47.1 Å². The summed E-state index contributed by atoms with van der Waals surface area (Å²) in [6.45, 7) is 5.93. The van der Waals surface area contributed by atoms with Crippen molar-refractivity contribution in [3.8, 4) is 0 Å². The number of hydrogen-bond acceptors (Lipinski definition) is 3. The van der Waals surface area contributed by atoms with Crippen LogP contribution in [0.15, 0.2) is 28.7 Å². The van der Waals surface area contributed by atoms with Gasteiger partial charge < -0.3 is 10.6 Å². The molecule has 0 aliphatic heterocycles. The Morgan fingerprint density at radius 2 is 2.00 bits per heavy atom. The van der Waals surface area contributed by atoms with Crippen molar-refractivity contribution >= 4 is 27.3 Å². The molecule has 0 spiro atoms. The van der Waals surface area contributed by atoms with Crippen LogP contribution in [0.4, 0.5) is 11.4 Å². The van der Waals surface area contributed by atoms with Gasteiger partial charge in [-0.2, -0.15) is 5.10 Å². The molecule has 0 saturated heterocycles. The average molecular weight is 337 g/mol. The minimum Gasteiger partial charge on any atom is -0.397 e. The third kappa shape index (κ3) is 2.82. The van der Waals surface area contributed by atoms with E-state index >= 15 is 0 Å². The quantitative estimate of drug-likeness (QED) is 0.851. The molecule has 1 aromatic heterocycles. The van der Waals surface area contributed by atoms with Crippen molar-refractivity contribution in [2.45, 2.75) is 26.8 Å². The van der Waals surface area contributed by atoms with Crippen LogP contribution in [0.1, 0.15) is 25.2 Å². The SMILES string of the molecule is CCc1nn(C)c(CN(CC)c2ccccc2N)c1Br. The van der Waals surface area contributed by atoms with Gasteiger partial charge in [-0.25, -0.2) is 0 Å². The number of para-hydroxylation sites is 2. The zero-order valence-corrected chi connectivity index (χ0v) is 13.8. The molecule has 2 aromatic rings. The van der Waals surface area contributed by atoms with Gasteiger partial charge in [-0.15, -0.1) is 0 Å². The molecule has 0 atom stereocenters. The van der Waals surface area contributed by atoms with Gasteiger partial charge in [-0.1, -0.05) is 19.1 Å². The molecule has 5 heteroatoms. The highest BCUT2D eigenvalue weighted by atomic mass is 79.9. The molecule has 0 unspecified atom stereocenters. The van der Waals surface area contributed by atoms with Crippen LogP contribution in [0.2, 0.25) is 0 Å². The largest absolute Gasteiger partial charge is 0.397 e. The molecule has 2 rings (SSSR count). The summed E-state index contributed by atoms with van der Waals surface area (Å²) in [5.41, 5.74) is 10.2. The number of nitrogens with two attached hydrogens (primary N) is 1. The predicted molar refractivity (Wildman–Crippen MR) is 87.9 cm³/mol. The zero-order chi connectivity index (χ0) is 14.7. The van der Waals surface area contributed by atoms with Crippen LogP contribution in [-0.4, -0.2) is 16.3 Å². The van der Waals surface area contributed by atoms with E-state index in [1.807, 2.05) is 29.9 Å². The third-order valence-electron chi connectivity index (χ3n) is 3.50. The lowest BCUT2D eigenvalue weighted by Gasteiger charge is -2.24. The first-order valence-corrected chi connectivity index (χ1v) is 7.67. The molecule has 1 heterocycles. The van der Waals surface area contributed by atoms with Crippen LogP contribution in [0.5, 0.6) is 0 Å². The van der Waals surface area contributed by atoms with Crippen LogP contribution >= 0.6 is 15.9 Å². The van der Waals surface area contributed by atoms with Crippen molar-refractivity contribution in [2.24, 2.45) is 7.05 Å². The molecule has 20 heavy (non-hydrogen) atoms. The van der Waals surface area contributed by atoms with E-state index in [1.54, 1.807) is 0 Å². The van der Waals surface area contributed by atoms with Crippen molar-refractivity contribution in [2.75, 3.05) is 17.2 Å². The van der Waals surface area contributed by atoms with Gasteiger partial charge in [0.15, 0.2) is 0 Å². The normalized spacial score (nSPS) is 10.8. The molecular formula is C15H21BrN4. The van der Waals surface area contributed by atoms with Gasteiger partial charge in [0.05, 0.1) is 33.8 Å². The van der Waals surface area contributed by atoms with Gasteiger partial charge >= 0.3 is 0 Å². The summed E-state index contributed by atoms with van der Waals surface area (Å²) in [6.07, 6.45) is 0.925. The van der Waals surface area contributed by atoms with Crippen molar-refractivity contribution in [1.29, 1.82) is 0 Å². The third-order valence-corrected chi connectivity index (χ3v) is 4.42. The van der Waals surface area contributed by atoms with E-state index in [1.165, 1.54) is 5.69 Å². The number of aromatic nitrogens is 2. The fourth-order valence-corrected chi connectivity index (χ4v) is 3.06. The van der Waals surface area contributed by atoms with Crippen molar-refractivity contribution in [3.05, 3.63) is 40.1 Å². The first-order valence-electron chi connectivity index (χ1n) is 6.88. The Morgan fingerprint density at radius 1 is 1.30 bits per heavy atom. The highest BCUT2D eigenvalue weighted by Crippen LogP contribution is 2.27. The van der Waals surface area contributed by atoms with Gasteiger partial charge in [-0.3, -0.25) is 4.68 Å². The van der Waals surface area contributed by atoms with Gasteiger partial charge in [0, 0.05) is 13.6 Å². The molecule has 4 nitrogen and oxygen atoms in total. The molecule has 0 radical (unpaired) electrons. The van der Waals surface area contributed by atoms with E-state index in [9.17, 15) is 0 Å². The fourth-order valence-electron chi connectivity index (χ4n) is 2.32. The van der Waals surface area contributed by atoms with Crippen LogP contribution in [0, 0.1) is 0 Å². The van der Waals surface area contributed by atoms with E-state index in [2.05, 4.69) is 45.8 Å². The summed E-state index contributed by atoms with van der Waals surface area (Å²) in [7, 11) is 1.99. The number of benzene rings is 1. The lowest BCUT2D eigenvalue weighted by Crippen LogP contribution is -2.24. The predicted octanol–water partition coefficient (Wildman–Crippen LogP) is 3.35. The standard InChI is InChI=1S/C15H21BrN4/c1-4-12-15(16)14(19(3)18-12)10-20(5-2)13-9-7-6-8-11(13)17/h6-9H,4-5,10,17H2,1-3H3. The fraction of sp³-hybridized carbons (Fsp3) is 0.400. The van der Waals surface area contributed by atoms with Crippen molar-refractivity contribution < 1.29 is 0 Å². The Bertz CT molecular complexity index is 592.